The summed E-state index contributed by atoms with van der Waals surface area (Å²) in [6.07, 6.45) is 3.41. The lowest BCUT2D eigenvalue weighted by molar-refractivity contribution is -0.143. The number of rotatable bonds is 3. The maximum Gasteiger partial charge on any atom is 0.315 e. The number of carbonyl (C=O) groups is 2. The molecule has 6 heteroatoms. The van der Waals surface area contributed by atoms with Crippen LogP contribution in [0.1, 0.15) is 48.5 Å². The molecule has 6 nitrogen and oxygen atoms in total. The third kappa shape index (κ3) is 2.98. The summed E-state index contributed by atoms with van der Waals surface area (Å²) in [5, 5.41) is 0. The van der Waals surface area contributed by atoms with E-state index in [1.807, 2.05) is 31.2 Å². The summed E-state index contributed by atoms with van der Waals surface area (Å²) in [5.74, 6) is 0.265. The van der Waals surface area contributed by atoms with Crippen molar-refractivity contribution in [3.63, 3.8) is 0 Å². The van der Waals surface area contributed by atoms with Crippen LogP contribution in [-0.2, 0) is 20.7 Å². The predicted molar refractivity (Wildman–Crippen MR) is 110 cm³/mol. The van der Waals surface area contributed by atoms with Gasteiger partial charge in [0.15, 0.2) is 5.78 Å². The number of benzene rings is 1. The molecule has 3 aliphatic rings. The SMILES string of the molecule is COC(=O)C1C(C)=NC2=C(C(=O)C[C@H](c3ccco3)C2)[C@H]1c1ccc2c(c1)CCO2. The zero-order valence-corrected chi connectivity index (χ0v) is 17.0. The molecule has 0 N–H and O–H groups in total. The summed E-state index contributed by atoms with van der Waals surface area (Å²) in [4.78, 5) is 30.8. The fraction of sp³-hybridized carbons (Fsp3) is 0.375. The van der Waals surface area contributed by atoms with E-state index >= 15 is 0 Å². The number of aliphatic imine (C=N–C) groups is 1. The minimum Gasteiger partial charge on any atom is -0.493 e. The highest BCUT2D eigenvalue weighted by Gasteiger charge is 2.45. The second-order valence-electron chi connectivity index (χ2n) is 8.10. The van der Waals surface area contributed by atoms with Gasteiger partial charge >= 0.3 is 5.97 Å². The van der Waals surface area contributed by atoms with Crippen molar-refractivity contribution in [1.82, 2.24) is 0 Å². The Morgan fingerprint density at radius 2 is 2.10 bits per heavy atom. The first-order valence-corrected chi connectivity index (χ1v) is 10.2. The molecule has 154 valence electrons. The summed E-state index contributed by atoms with van der Waals surface area (Å²) < 4.78 is 16.3. The number of methoxy groups -OCH3 is 1. The van der Waals surface area contributed by atoms with Gasteiger partial charge in [0.25, 0.3) is 0 Å². The predicted octanol–water partition coefficient (Wildman–Crippen LogP) is 3.96. The smallest absolute Gasteiger partial charge is 0.315 e. The van der Waals surface area contributed by atoms with E-state index in [2.05, 4.69) is 6.07 Å². The quantitative estimate of drug-likeness (QED) is 0.722. The Labute approximate surface area is 174 Å². The van der Waals surface area contributed by atoms with E-state index in [1.165, 1.54) is 7.11 Å². The molecule has 1 aliphatic carbocycles. The van der Waals surface area contributed by atoms with Crippen LogP contribution in [0.15, 0.2) is 57.3 Å². The summed E-state index contributed by atoms with van der Waals surface area (Å²) in [6.45, 7) is 2.50. The van der Waals surface area contributed by atoms with Crippen LogP contribution in [0.25, 0.3) is 0 Å². The number of fused-ring (bicyclic) bond motifs is 1. The van der Waals surface area contributed by atoms with Gasteiger partial charge in [0.1, 0.15) is 17.4 Å². The van der Waals surface area contributed by atoms with E-state index in [-0.39, 0.29) is 17.7 Å². The normalized spacial score (nSPS) is 25.3. The van der Waals surface area contributed by atoms with Gasteiger partial charge in [-0.25, -0.2) is 0 Å². The summed E-state index contributed by atoms with van der Waals surface area (Å²) in [6, 6.07) is 9.70. The topological polar surface area (TPSA) is 78.1 Å². The monoisotopic (exact) mass is 405 g/mol. The van der Waals surface area contributed by atoms with E-state index < -0.39 is 11.8 Å². The molecule has 2 aliphatic heterocycles. The van der Waals surface area contributed by atoms with Crippen molar-refractivity contribution in [1.29, 1.82) is 0 Å². The third-order valence-corrected chi connectivity index (χ3v) is 6.36. The first-order valence-electron chi connectivity index (χ1n) is 10.2. The first kappa shape index (κ1) is 18.9. The molecule has 1 aromatic heterocycles. The van der Waals surface area contributed by atoms with Crippen LogP contribution in [0.4, 0.5) is 0 Å². The maximum atomic E-state index is 13.4. The first-order chi connectivity index (χ1) is 14.6. The van der Waals surface area contributed by atoms with Crippen molar-refractivity contribution >= 4 is 17.5 Å². The number of ether oxygens (including phenoxy) is 2. The van der Waals surface area contributed by atoms with Gasteiger partial charge in [0.05, 0.1) is 20.0 Å². The molecular weight excluding hydrogens is 382 g/mol. The van der Waals surface area contributed by atoms with Crippen LogP contribution >= 0.6 is 0 Å². The molecule has 0 fully saturated rings. The summed E-state index contributed by atoms with van der Waals surface area (Å²) in [7, 11) is 1.38. The minimum atomic E-state index is -0.613. The van der Waals surface area contributed by atoms with Crippen LogP contribution in [0.2, 0.25) is 0 Å². The number of allylic oxidation sites excluding steroid dienone is 2. The fourth-order valence-electron chi connectivity index (χ4n) is 4.98. The zero-order valence-electron chi connectivity index (χ0n) is 17.0. The lowest BCUT2D eigenvalue weighted by atomic mass is 9.69. The Hall–Kier alpha value is -3.15. The van der Waals surface area contributed by atoms with Crippen LogP contribution < -0.4 is 4.74 Å². The average Bonchev–Trinajstić information content (AvgIpc) is 3.43. The molecule has 0 bridgehead atoms. The van der Waals surface area contributed by atoms with E-state index in [0.717, 1.165) is 34.8 Å². The van der Waals surface area contributed by atoms with Gasteiger partial charge < -0.3 is 13.9 Å². The van der Waals surface area contributed by atoms with Gasteiger partial charge in [-0.15, -0.1) is 0 Å². The summed E-state index contributed by atoms with van der Waals surface area (Å²) in [5.41, 5.74) is 4.11. The minimum absolute atomic E-state index is 0.0181. The number of ketones is 1. The molecule has 0 saturated heterocycles. The van der Waals surface area contributed by atoms with Gasteiger partial charge in [-0.05, 0) is 36.2 Å². The number of carbonyl (C=O) groups excluding carboxylic acids is 2. The number of Topliss-reactive ketones (excluding diaryl/α,β-unsaturated/α-hetero) is 1. The Bertz CT molecular complexity index is 1080. The Balaban J connectivity index is 1.62. The van der Waals surface area contributed by atoms with Crippen LogP contribution in [0.3, 0.4) is 0 Å². The molecule has 3 heterocycles. The molecule has 1 unspecified atom stereocenters. The molecule has 30 heavy (non-hydrogen) atoms. The largest absolute Gasteiger partial charge is 0.493 e. The molecular formula is C24H23NO5. The molecule has 1 aromatic carbocycles. The third-order valence-electron chi connectivity index (χ3n) is 6.36. The van der Waals surface area contributed by atoms with Gasteiger partial charge in [-0.1, -0.05) is 12.1 Å². The highest BCUT2D eigenvalue weighted by atomic mass is 16.5. The van der Waals surface area contributed by atoms with Crippen molar-refractivity contribution in [3.8, 4) is 5.75 Å². The van der Waals surface area contributed by atoms with Crippen molar-refractivity contribution in [2.24, 2.45) is 10.9 Å². The molecule has 0 spiro atoms. The van der Waals surface area contributed by atoms with Crippen LogP contribution in [-0.4, -0.2) is 31.2 Å². The van der Waals surface area contributed by atoms with Gasteiger partial charge in [0, 0.05) is 48.1 Å². The molecule has 0 radical (unpaired) electrons. The highest BCUT2D eigenvalue weighted by Crippen LogP contribution is 2.47. The zero-order chi connectivity index (χ0) is 20.8. The Morgan fingerprint density at radius 1 is 1.23 bits per heavy atom. The lowest BCUT2D eigenvalue weighted by Crippen LogP contribution is -2.37. The number of esters is 1. The fourth-order valence-corrected chi connectivity index (χ4v) is 4.98. The van der Waals surface area contributed by atoms with E-state index in [9.17, 15) is 9.59 Å². The molecule has 0 amide bonds. The van der Waals surface area contributed by atoms with Crippen molar-refractivity contribution in [3.05, 3.63) is 64.8 Å². The van der Waals surface area contributed by atoms with E-state index in [1.54, 1.807) is 6.26 Å². The lowest BCUT2D eigenvalue weighted by Gasteiger charge is -2.36. The molecule has 3 atom stereocenters. The second-order valence-corrected chi connectivity index (χ2v) is 8.10. The van der Waals surface area contributed by atoms with Gasteiger partial charge in [-0.3, -0.25) is 14.6 Å². The summed E-state index contributed by atoms with van der Waals surface area (Å²) >= 11 is 0. The van der Waals surface area contributed by atoms with E-state index in [4.69, 9.17) is 18.9 Å². The second kappa shape index (κ2) is 7.27. The van der Waals surface area contributed by atoms with Crippen molar-refractivity contribution < 1.29 is 23.5 Å². The average molecular weight is 405 g/mol. The molecule has 0 saturated carbocycles. The number of furan rings is 1. The Morgan fingerprint density at radius 3 is 2.87 bits per heavy atom. The van der Waals surface area contributed by atoms with Crippen molar-refractivity contribution in [2.75, 3.05) is 13.7 Å². The Kier molecular flexibility index (Phi) is 4.57. The van der Waals surface area contributed by atoms with Crippen molar-refractivity contribution in [2.45, 2.75) is 38.0 Å². The highest BCUT2D eigenvalue weighted by molar-refractivity contribution is 6.09. The standard InChI is InChI=1S/C24H23NO5/c1-13-21(24(27)28-2)22(15-5-6-20-14(10-15)7-9-30-20)23-17(25-13)11-16(12-18(23)26)19-4-3-8-29-19/h3-6,8,10,16,21-22H,7,9,11-12H2,1-2H3/t16-,21?,22+/m1/s1. The number of nitrogens with zero attached hydrogens (tertiary/aromatic N) is 1. The van der Waals surface area contributed by atoms with Gasteiger partial charge in [-0.2, -0.15) is 0 Å². The van der Waals surface area contributed by atoms with Crippen LogP contribution in [0.5, 0.6) is 5.75 Å². The number of hydrogen-bond acceptors (Lipinski definition) is 6. The molecule has 2 aromatic rings. The molecule has 5 rings (SSSR count). The maximum absolute atomic E-state index is 13.4. The van der Waals surface area contributed by atoms with Gasteiger partial charge in [0.2, 0.25) is 0 Å². The van der Waals surface area contributed by atoms with E-state index in [0.29, 0.717) is 30.7 Å². The van der Waals surface area contributed by atoms with Crippen LogP contribution in [0, 0.1) is 5.92 Å². The number of hydrogen-bond donors (Lipinski definition) is 0.